The molecule has 0 heterocycles. The smallest absolute Gasteiger partial charge is 0.00867 e. The maximum Gasteiger partial charge on any atom is -0.00867 e. The first-order chi connectivity index (χ1) is 4.45. The summed E-state index contributed by atoms with van der Waals surface area (Å²) in [5, 5.41) is 0. The van der Waals surface area contributed by atoms with Crippen LogP contribution >= 0.6 is 0 Å². The van der Waals surface area contributed by atoms with Crippen molar-refractivity contribution in [3.63, 3.8) is 0 Å². The lowest BCUT2D eigenvalue weighted by Crippen LogP contribution is -1.72. The number of hydrogen-bond acceptors (Lipinski definition) is 0. The van der Waals surface area contributed by atoms with E-state index in [4.69, 9.17) is 0 Å². The summed E-state index contributed by atoms with van der Waals surface area (Å²) in [5.74, 6) is 1.88. The van der Waals surface area contributed by atoms with Crippen LogP contribution in [0.3, 0.4) is 0 Å². The molecule has 0 nitrogen and oxygen atoms in total. The van der Waals surface area contributed by atoms with Crippen molar-refractivity contribution in [1.29, 1.82) is 0 Å². The largest absolute Gasteiger partial charge is 0.0617 e. The Morgan fingerprint density at radius 2 is 1.78 bits per heavy atom. The highest BCUT2D eigenvalue weighted by molar-refractivity contribution is 5.45. The van der Waals surface area contributed by atoms with Crippen molar-refractivity contribution in [2.45, 2.75) is 18.3 Å². The fraction of sp³-hybridized carbons (Fsp3) is 0.333. The first-order valence-corrected chi connectivity index (χ1v) is 3.55. The van der Waals surface area contributed by atoms with Gasteiger partial charge in [0.2, 0.25) is 0 Å². The number of hydrogen-bond donors (Lipinski definition) is 0. The molecule has 0 radical (unpaired) electrons. The zero-order chi connectivity index (χ0) is 5.84. The fourth-order valence-corrected chi connectivity index (χ4v) is 1.95. The van der Waals surface area contributed by atoms with Gasteiger partial charge < -0.3 is 0 Å². The van der Waals surface area contributed by atoms with Crippen LogP contribution < -0.4 is 0 Å². The average Bonchev–Trinajstić information content (AvgIpc) is 2.62. The van der Waals surface area contributed by atoms with Crippen LogP contribution in [0.5, 0.6) is 0 Å². The topological polar surface area (TPSA) is 0 Å². The zero-order valence-corrected chi connectivity index (χ0v) is 5.17. The van der Waals surface area contributed by atoms with E-state index in [9.17, 15) is 0 Å². The van der Waals surface area contributed by atoms with Crippen molar-refractivity contribution in [1.82, 2.24) is 0 Å². The maximum atomic E-state index is 2.35. The first-order valence-electron chi connectivity index (χ1n) is 3.55. The van der Waals surface area contributed by atoms with Gasteiger partial charge in [-0.15, -0.1) is 0 Å². The summed E-state index contributed by atoms with van der Waals surface area (Å²) in [6.45, 7) is 0. The van der Waals surface area contributed by atoms with Crippen LogP contribution in [0.2, 0.25) is 0 Å². The Morgan fingerprint density at radius 3 is 2.33 bits per heavy atom. The quantitative estimate of drug-likeness (QED) is 0.487. The molecule has 2 aliphatic carbocycles. The molecule has 9 heavy (non-hydrogen) atoms. The molecule has 44 valence electrons. The Hall–Kier alpha value is -0.780. The summed E-state index contributed by atoms with van der Waals surface area (Å²) < 4.78 is 0. The Kier molecular flexibility index (Phi) is 0.484. The van der Waals surface area contributed by atoms with Gasteiger partial charge in [0.25, 0.3) is 0 Å². The summed E-state index contributed by atoms with van der Waals surface area (Å²) in [6, 6.07) is 9.03. The third-order valence-corrected chi connectivity index (χ3v) is 2.56. The van der Waals surface area contributed by atoms with Gasteiger partial charge in [-0.2, -0.15) is 0 Å². The molecule has 0 amide bonds. The third-order valence-electron chi connectivity index (χ3n) is 2.56. The van der Waals surface area contributed by atoms with Gasteiger partial charge >= 0.3 is 0 Å². The van der Waals surface area contributed by atoms with E-state index in [1.807, 2.05) is 0 Å². The van der Waals surface area contributed by atoms with E-state index in [0.717, 1.165) is 11.8 Å². The van der Waals surface area contributed by atoms with Crippen molar-refractivity contribution in [2.24, 2.45) is 0 Å². The van der Waals surface area contributed by atoms with Crippen LogP contribution in [0.1, 0.15) is 29.4 Å². The molecule has 0 N–H and O–H groups in total. The van der Waals surface area contributed by atoms with E-state index < -0.39 is 0 Å². The van der Waals surface area contributed by atoms with Crippen molar-refractivity contribution in [3.05, 3.63) is 35.4 Å². The van der Waals surface area contributed by atoms with E-state index in [0.29, 0.717) is 0 Å². The van der Waals surface area contributed by atoms with Gasteiger partial charge in [0.05, 0.1) is 0 Å². The van der Waals surface area contributed by atoms with Crippen LogP contribution in [0, 0.1) is 0 Å². The van der Waals surface area contributed by atoms with Gasteiger partial charge in [-0.1, -0.05) is 24.3 Å². The fourth-order valence-electron chi connectivity index (χ4n) is 1.95. The SMILES string of the molecule is c1cc2cc(c1)C1CC21. The first kappa shape index (κ1) is 4.10. The summed E-state index contributed by atoms with van der Waals surface area (Å²) in [4.78, 5) is 0. The van der Waals surface area contributed by atoms with E-state index in [1.54, 1.807) is 11.1 Å². The predicted octanol–water partition coefficient (Wildman–Crippen LogP) is 2.27. The van der Waals surface area contributed by atoms with Crippen LogP contribution in [0.4, 0.5) is 0 Å². The van der Waals surface area contributed by atoms with Crippen molar-refractivity contribution in [2.75, 3.05) is 0 Å². The molecular formula is C9H8. The van der Waals surface area contributed by atoms with Gasteiger partial charge in [0, 0.05) is 0 Å². The van der Waals surface area contributed by atoms with E-state index in [2.05, 4.69) is 24.3 Å². The standard InChI is InChI=1S/C9H8/c1-2-6-4-7(3-1)9-5-8(6)9/h1-4,8-9H,5H2. The lowest BCUT2D eigenvalue weighted by molar-refractivity contribution is 1.11. The minimum Gasteiger partial charge on any atom is -0.0617 e. The molecule has 1 aromatic rings. The van der Waals surface area contributed by atoms with Gasteiger partial charge in [-0.05, 0) is 29.4 Å². The monoisotopic (exact) mass is 116 g/mol. The van der Waals surface area contributed by atoms with Crippen molar-refractivity contribution in [3.8, 4) is 0 Å². The predicted molar refractivity (Wildman–Crippen MR) is 36.5 cm³/mol. The molecule has 2 unspecified atom stereocenters. The number of benzene rings is 1. The summed E-state index contributed by atoms with van der Waals surface area (Å²) in [7, 11) is 0. The molecular weight excluding hydrogens is 108 g/mol. The molecule has 0 heteroatoms. The molecule has 2 atom stereocenters. The molecule has 1 aromatic carbocycles. The van der Waals surface area contributed by atoms with E-state index in [1.165, 1.54) is 6.42 Å². The molecule has 2 aliphatic rings. The third kappa shape index (κ3) is 0.365. The Bertz CT molecular complexity index is 239. The lowest BCUT2D eigenvalue weighted by Gasteiger charge is -1.90. The zero-order valence-electron chi connectivity index (χ0n) is 5.17. The Labute approximate surface area is 54.5 Å². The molecule has 2 bridgehead atoms. The van der Waals surface area contributed by atoms with Crippen LogP contribution in [-0.2, 0) is 0 Å². The van der Waals surface area contributed by atoms with Gasteiger partial charge in [-0.3, -0.25) is 0 Å². The van der Waals surface area contributed by atoms with Crippen molar-refractivity contribution >= 4 is 0 Å². The van der Waals surface area contributed by atoms with Gasteiger partial charge in [0.15, 0.2) is 0 Å². The van der Waals surface area contributed by atoms with Crippen molar-refractivity contribution < 1.29 is 0 Å². The molecule has 0 aromatic heterocycles. The molecule has 0 spiro atoms. The number of rotatable bonds is 0. The molecule has 0 saturated heterocycles. The minimum absolute atomic E-state index is 0.940. The normalized spacial score (nSPS) is 34.2. The summed E-state index contributed by atoms with van der Waals surface area (Å²) in [5.41, 5.74) is 3.16. The lowest BCUT2D eigenvalue weighted by atomic mass is 10.2. The Morgan fingerprint density at radius 1 is 1.11 bits per heavy atom. The summed E-state index contributed by atoms with van der Waals surface area (Å²) >= 11 is 0. The minimum atomic E-state index is 0.940. The second-order valence-corrected chi connectivity index (χ2v) is 3.12. The highest BCUT2D eigenvalue weighted by atomic mass is 14.5. The second kappa shape index (κ2) is 1.06. The van der Waals surface area contributed by atoms with Crippen LogP contribution in [0.15, 0.2) is 24.3 Å². The number of fused-ring (bicyclic) bond motifs is 5. The highest BCUT2D eigenvalue weighted by Gasteiger charge is 2.43. The van der Waals surface area contributed by atoms with E-state index >= 15 is 0 Å². The van der Waals surface area contributed by atoms with Crippen LogP contribution in [0.25, 0.3) is 0 Å². The van der Waals surface area contributed by atoms with Gasteiger partial charge in [0.1, 0.15) is 0 Å². The Balaban J connectivity index is 2.37. The molecule has 1 saturated carbocycles. The molecule has 3 rings (SSSR count). The second-order valence-electron chi connectivity index (χ2n) is 3.12. The summed E-state index contributed by atoms with van der Waals surface area (Å²) in [6.07, 6.45) is 1.43. The molecule has 0 aliphatic heterocycles. The maximum absolute atomic E-state index is 2.35. The highest BCUT2D eigenvalue weighted by Crippen LogP contribution is 2.59. The molecule has 1 fully saturated rings. The average molecular weight is 116 g/mol. The van der Waals surface area contributed by atoms with Gasteiger partial charge in [-0.25, -0.2) is 0 Å². The van der Waals surface area contributed by atoms with Crippen LogP contribution in [-0.4, -0.2) is 0 Å². The van der Waals surface area contributed by atoms with E-state index in [-0.39, 0.29) is 0 Å².